The lowest BCUT2D eigenvalue weighted by Gasteiger charge is -2.41. The van der Waals surface area contributed by atoms with Gasteiger partial charge in [-0.05, 0) is 31.0 Å². The maximum atomic E-state index is 9.46. The second kappa shape index (κ2) is 6.91. The summed E-state index contributed by atoms with van der Waals surface area (Å²) in [5.74, 6) is 0.295. The number of hydrogen-bond donors (Lipinski definition) is 1. The lowest BCUT2D eigenvalue weighted by atomic mass is 9.97. The summed E-state index contributed by atoms with van der Waals surface area (Å²) in [6.45, 7) is 16.0. The van der Waals surface area contributed by atoms with Crippen molar-refractivity contribution in [1.29, 1.82) is 0 Å². The molecule has 0 aromatic heterocycles. The predicted octanol–water partition coefficient (Wildman–Crippen LogP) is 4.20. The number of hydrogen-bond acceptors (Lipinski definition) is 2. The van der Waals surface area contributed by atoms with Crippen LogP contribution in [0.1, 0.15) is 53.9 Å². The molecule has 2 nitrogen and oxygen atoms in total. The minimum absolute atomic E-state index is 0.232. The van der Waals surface area contributed by atoms with E-state index in [1.165, 1.54) is 0 Å². The monoisotopic (exact) mass is 260 g/mol. The maximum Gasteiger partial charge on any atom is 0.192 e. The Labute approximate surface area is 109 Å². The zero-order valence-electron chi connectivity index (χ0n) is 12.8. The van der Waals surface area contributed by atoms with Crippen molar-refractivity contribution >= 4 is 8.32 Å². The van der Waals surface area contributed by atoms with Crippen molar-refractivity contribution in [2.75, 3.05) is 6.61 Å². The molecule has 0 spiro atoms. The zero-order valence-corrected chi connectivity index (χ0v) is 13.8. The smallest absolute Gasteiger partial charge is 0.192 e. The first-order valence-corrected chi connectivity index (χ1v) is 9.89. The third-order valence-electron chi connectivity index (χ3n) is 4.11. The average Bonchev–Trinajstić information content (AvgIpc) is 2.17. The van der Waals surface area contributed by atoms with E-state index in [0.29, 0.717) is 5.92 Å². The largest absolute Gasteiger partial charge is 0.414 e. The third-order valence-corrected chi connectivity index (χ3v) is 8.61. The lowest BCUT2D eigenvalue weighted by molar-refractivity contribution is 0.0664. The molecule has 0 radical (unpaired) electrons. The number of rotatable bonds is 7. The van der Waals surface area contributed by atoms with Crippen molar-refractivity contribution in [3.63, 3.8) is 0 Å². The van der Waals surface area contributed by atoms with Gasteiger partial charge in [-0.3, -0.25) is 0 Å². The van der Waals surface area contributed by atoms with Crippen molar-refractivity contribution in [2.24, 2.45) is 5.92 Å². The van der Waals surface area contributed by atoms with Crippen molar-refractivity contribution in [2.45, 2.75) is 78.1 Å². The highest BCUT2D eigenvalue weighted by Gasteiger charge is 2.40. The van der Waals surface area contributed by atoms with E-state index in [4.69, 9.17) is 4.43 Å². The number of aliphatic hydroxyl groups is 1. The van der Waals surface area contributed by atoms with Gasteiger partial charge < -0.3 is 9.53 Å². The summed E-state index contributed by atoms with van der Waals surface area (Å²) in [7, 11) is -1.71. The van der Waals surface area contributed by atoms with E-state index in [-0.39, 0.29) is 17.7 Å². The van der Waals surface area contributed by atoms with E-state index >= 15 is 0 Å². The molecule has 0 aliphatic carbocycles. The zero-order chi connectivity index (χ0) is 13.7. The minimum Gasteiger partial charge on any atom is -0.414 e. The molecule has 0 aliphatic rings. The van der Waals surface area contributed by atoms with Crippen molar-refractivity contribution < 1.29 is 9.53 Å². The minimum atomic E-state index is -1.71. The first-order chi connectivity index (χ1) is 7.69. The summed E-state index contributed by atoms with van der Waals surface area (Å²) in [5, 5.41) is 9.70. The van der Waals surface area contributed by atoms with Gasteiger partial charge in [-0.1, -0.05) is 41.0 Å². The van der Waals surface area contributed by atoms with Crippen LogP contribution in [0.25, 0.3) is 0 Å². The molecule has 2 atom stereocenters. The molecule has 0 rings (SSSR count). The second-order valence-electron chi connectivity index (χ2n) is 6.56. The normalized spacial score (nSPS) is 16.9. The van der Waals surface area contributed by atoms with E-state index in [9.17, 15) is 5.11 Å². The van der Waals surface area contributed by atoms with Crippen LogP contribution >= 0.6 is 0 Å². The molecule has 0 aromatic carbocycles. The summed E-state index contributed by atoms with van der Waals surface area (Å²) >= 11 is 0. The van der Waals surface area contributed by atoms with E-state index in [0.717, 1.165) is 19.3 Å². The van der Waals surface area contributed by atoms with Gasteiger partial charge in [-0.2, -0.15) is 0 Å². The van der Waals surface area contributed by atoms with E-state index in [2.05, 4.69) is 47.7 Å². The Bertz CT molecular complexity index is 205. The van der Waals surface area contributed by atoms with Gasteiger partial charge in [-0.15, -0.1) is 0 Å². The predicted molar refractivity (Wildman–Crippen MR) is 77.8 cm³/mol. The molecule has 0 saturated carbocycles. The van der Waals surface area contributed by atoms with Gasteiger partial charge in [0.25, 0.3) is 0 Å². The Balaban J connectivity index is 4.75. The fourth-order valence-corrected chi connectivity index (χ4v) is 3.16. The molecule has 0 heterocycles. The van der Waals surface area contributed by atoms with Crippen LogP contribution in [0.2, 0.25) is 18.1 Å². The highest BCUT2D eigenvalue weighted by atomic mass is 28.4. The molecule has 0 aliphatic heterocycles. The van der Waals surface area contributed by atoms with Crippen LogP contribution in [-0.4, -0.2) is 26.1 Å². The van der Waals surface area contributed by atoms with Crippen LogP contribution in [0, 0.1) is 5.92 Å². The maximum absolute atomic E-state index is 9.46. The van der Waals surface area contributed by atoms with Gasteiger partial charge >= 0.3 is 0 Å². The summed E-state index contributed by atoms with van der Waals surface area (Å²) in [5.41, 5.74) is 0. The molecule has 0 fully saturated rings. The van der Waals surface area contributed by atoms with Gasteiger partial charge in [0.2, 0.25) is 0 Å². The summed E-state index contributed by atoms with van der Waals surface area (Å²) in [4.78, 5) is 0. The molecule has 0 saturated heterocycles. The van der Waals surface area contributed by atoms with E-state index in [1.807, 2.05) is 0 Å². The SMILES string of the molecule is CCCC(O[Si](C)(C)C(C)(C)C)C(CC)CO. The molecule has 17 heavy (non-hydrogen) atoms. The fraction of sp³-hybridized carbons (Fsp3) is 1.00. The molecule has 1 N–H and O–H groups in total. The fourth-order valence-electron chi connectivity index (χ4n) is 1.74. The lowest BCUT2D eigenvalue weighted by Crippen LogP contribution is -2.46. The Morgan fingerprint density at radius 2 is 1.71 bits per heavy atom. The molecule has 0 bridgehead atoms. The highest BCUT2D eigenvalue weighted by Crippen LogP contribution is 2.38. The van der Waals surface area contributed by atoms with Crippen LogP contribution in [0.5, 0.6) is 0 Å². The van der Waals surface area contributed by atoms with Crippen LogP contribution in [-0.2, 0) is 4.43 Å². The van der Waals surface area contributed by atoms with Gasteiger partial charge in [0.15, 0.2) is 8.32 Å². The Kier molecular flexibility index (Phi) is 6.96. The summed E-state index contributed by atoms with van der Waals surface area (Å²) < 4.78 is 6.47. The van der Waals surface area contributed by atoms with Crippen LogP contribution in [0.4, 0.5) is 0 Å². The highest BCUT2D eigenvalue weighted by molar-refractivity contribution is 6.74. The van der Waals surface area contributed by atoms with Crippen LogP contribution in [0.15, 0.2) is 0 Å². The Morgan fingerprint density at radius 3 is 2.00 bits per heavy atom. The molecular formula is C14H32O2Si. The molecule has 0 amide bonds. The van der Waals surface area contributed by atoms with Gasteiger partial charge in [0.1, 0.15) is 0 Å². The average molecular weight is 260 g/mol. The first kappa shape index (κ1) is 17.1. The van der Waals surface area contributed by atoms with Crippen molar-refractivity contribution in [3.05, 3.63) is 0 Å². The van der Waals surface area contributed by atoms with Crippen LogP contribution < -0.4 is 0 Å². The van der Waals surface area contributed by atoms with Gasteiger partial charge in [-0.25, -0.2) is 0 Å². The summed E-state index contributed by atoms with van der Waals surface area (Å²) in [6.07, 6.45) is 3.41. The van der Waals surface area contributed by atoms with E-state index in [1.54, 1.807) is 0 Å². The molecule has 0 aromatic rings. The second-order valence-corrected chi connectivity index (χ2v) is 11.3. The Morgan fingerprint density at radius 1 is 1.18 bits per heavy atom. The Hall–Kier alpha value is 0.137. The topological polar surface area (TPSA) is 29.5 Å². The standard InChI is InChI=1S/C14H32O2Si/c1-8-10-13(12(9-2)11-15)16-17(6,7)14(3,4)5/h12-13,15H,8-11H2,1-7H3. The first-order valence-electron chi connectivity index (χ1n) is 6.98. The molecule has 3 heteroatoms. The quantitative estimate of drug-likeness (QED) is 0.695. The third kappa shape index (κ3) is 5.10. The van der Waals surface area contributed by atoms with Crippen molar-refractivity contribution in [3.8, 4) is 0 Å². The molecule has 2 unspecified atom stereocenters. The summed E-state index contributed by atoms with van der Waals surface area (Å²) in [6, 6.07) is 0. The molecular weight excluding hydrogens is 228 g/mol. The van der Waals surface area contributed by atoms with Crippen molar-refractivity contribution in [1.82, 2.24) is 0 Å². The van der Waals surface area contributed by atoms with Crippen LogP contribution in [0.3, 0.4) is 0 Å². The van der Waals surface area contributed by atoms with E-state index < -0.39 is 8.32 Å². The van der Waals surface area contributed by atoms with Gasteiger partial charge in [0, 0.05) is 12.5 Å². The number of aliphatic hydroxyl groups excluding tert-OH is 1. The molecule has 104 valence electrons. The van der Waals surface area contributed by atoms with Gasteiger partial charge in [0.05, 0.1) is 6.10 Å².